The van der Waals surface area contributed by atoms with Crippen molar-refractivity contribution in [2.24, 2.45) is 0 Å². The quantitative estimate of drug-likeness (QED) is 0.417. The fraction of sp³-hybridized carbons (Fsp3) is 0.111. The summed E-state index contributed by atoms with van der Waals surface area (Å²) >= 11 is 0. The molecule has 0 aliphatic heterocycles. The van der Waals surface area contributed by atoms with Crippen LogP contribution in [0.4, 0.5) is 0 Å². The first-order valence-corrected chi connectivity index (χ1v) is 7.40. The van der Waals surface area contributed by atoms with E-state index >= 15 is 0 Å². The Hall–Kier alpha value is -3.68. The van der Waals surface area contributed by atoms with Crippen molar-refractivity contribution in [3.63, 3.8) is 0 Å². The minimum atomic E-state index is -0.893. The van der Waals surface area contributed by atoms with Gasteiger partial charge in [0.15, 0.2) is 5.78 Å². The molecule has 26 heavy (non-hydrogen) atoms. The van der Waals surface area contributed by atoms with Crippen molar-refractivity contribution >= 4 is 17.1 Å². The van der Waals surface area contributed by atoms with Crippen LogP contribution in [0, 0.1) is 6.92 Å². The van der Waals surface area contributed by atoms with Crippen LogP contribution in [0.2, 0.25) is 0 Å². The second-order valence-electron chi connectivity index (χ2n) is 5.93. The molecule has 1 aromatic carbocycles. The zero-order valence-corrected chi connectivity index (χ0v) is 13.7. The number of ketones is 2. The minimum Gasteiger partial charge on any atom is -0.507 e. The molecule has 0 aromatic heterocycles. The third-order valence-corrected chi connectivity index (χ3v) is 4.42. The summed E-state index contributed by atoms with van der Waals surface area (Å²) in [5.41, 5.74) is -1.90. The zero-order chi connectivity index (χ0) is 19.5. The molecule has 8 nitrogen and oxygen atoms in total. The number of aliphatic hydroxyl groups excluding tert-OH is 3. The number of carbonyl (C=O) groups is 2. The first-order valence-electron chi connectivity index (χ1n) is 7.40. The lowest BCUT2D eigenvalue weighted by Gasteiger charge is -2.26. The van der Waals surface area contributed by atoms with Crippen molar-refractivity contribution in [2.75, 3.05) is 0 Å². The number of aliphatic hydroxyl groups is 3. The molecule has 0 unspecified atom stereocenters. The average Bonchev–Trinajstić information content (AvgIpc) is 2.58. The third-order valence-electron chi connectivity index (χ3n) is 4.42. The average molecular weight is 358 g/mol. The molecule has 0 atom stereocenters. The summed E-state index contributed by atoms with van der Waals surface area (Å²) in [5.74, 6) is -5.25. The summed E-state index contributed by atoms with van der Waals surface area (Å²) < 4.78 is 0. The number of hydrogen-bond donors (Lipinski definition) is 6. The molecule has 6 N–H and O–H groups in total. The van der Waals surface area contributed by atoms with Crippen LogP contribution >= 0.6 is 0 Å². The van der Waals surface area contributed by atoms with Gasteiger partial charge >= 0.3 is 0 Å². The van der Waals surface area contributed by atoms with Crippen LogP contribution < -0.4 is 0 Å². The van der Waals surface area contributed by atoms with E-state index in [1.807, 2.05) is 0 Å². The number of carbonyl (C=O) groups excluding carboxylic acids is 2. The fourth-order valence-corrected chi connectivity index (χ4v) is 2.82. The van der Waals surface area contributed by atoms with Crippen molar-refractivity contribution in [1.29, 1.82) is 0 Å². The van der Waals surface area contributed by atoms with Crippen molar-refractivity contribution in [1.82, 2.24) is 0 Å². The molecule has 1 aromatic rings. The number of Topliss-reactive ketones (excluding diaryl/α,β-unsaturated/α-hetero) is 1. The first kappa shape index (κ1) is 17.2. The van der Waals surface area contributed by atoms with E-state index in [-0.39, 0.29) is 11.1 Å². The Morgan fingerprint density at radius 3 is 1.96 bits per heavy atom. The molecule has 0 fully saturated rings. The number of phenolic OH excluding ortho intramolecular Hbond substituents is 3. The highest BCUT2D eigenvalue weighted by molar-refractivity contribution is 6.42. The molecular weight excluding hydrogens is 344 g/mol. The van der Waals surface area contributed by atoms with Crippen molar-refractivity contribution in [3.8, 4) is 17.2 Å². The second-order valence-corrected chi connectivity index (χ2v) is 5.93. The zero-order valence-electron chi connectivity index (χ0n) is 13.7. The first-order chi connectivity index (χ1) is 12.1. The van der Waals surface area contributed by atoms with Crippen LogP contribution in [0.15, 0.2) is 46.1 Å². The topological polar surface area (TPSA) is 156 Å². The van der Waals surface area contributed by atoms with Gasteiger partial charge in [-0.15, -0.1) is 0 Å². The van der Waals surface area contributed by atoms with Crippen LogP contribution in [0.25, 0.3) is 5.57 Å². The Morgan fingerprint density at radius 1 is 0.769 bits per heavy atom. The van der Waals surface area contributed by atoms with Gasteiger partial charge in [-0.25, -0.2) is 0 Å². The number of hydrogen-bond acceptors (Lipinski definition) is 8. The summed E-state index contributed by atoms with van der Waals surface area (Å²) in [5, 5.41) is 59.5. The van der Waals surface area contributed by atoms with Crippen LogP contribution in [0.3, 0.4) is 0 Å². The van der Waals surface area contributed by atoms with Gasteiger partial charge < -0.3 is 30.6 Å². The van der Waals surface area contributed by atoms with Crippen LogP contribution in [0.5, 0.6) is 17.2 Å². The molecule has 2 aliphatic rings. The van der Waals surface area contributed by atoms with Gasteiger partial charge in [0.25, 0.3) is 0 Å². The maximum absolute atomic E-state index is 12.5. The number of phenols is 3. The van der Waals surface area contributed by atoms with Gasteiger partial charge in [0.2, 0.25) is 5.78 Å². The van der Waals surface area contributed by atoms with Gasteiger partial charge in [0, 0.05) is 23.3 Å². The highest BCUT2D eigenvalue weighted by Gasteiger charge is 2.43. The van der Waals surface area contributed by atoms with Crippen molar-refractivity contribution in [3.05, 3.63) is 57.3 Å². The molecular formula is C18H14O8. The maximum atomic E-state index is 12.5. The summed E-state index contributed by atoms with van der Waals surface area (Å²) in [6.07, 6.45) is 0.801. The predicted molar refractivity (Wildman–Crippen MR) is 88.8 cm³/mol. The Kier molecular flexibility index (Phi) is 3.57. The SMILES string of the molecule is CC1=C(O)/C(=C2\C(=O)C(c3c(O)cc(O)c(C)c3O)=C2O)C(=O)C=C1O. The molecule has 0 saturated carbocycles. The standard InChI is InChI=1S/C18H14O8/c1-5-7(19)3-9(21)11(15(5)23)13-17(25)14(18(13)26)12-10(22)4-8(20)6(2)16(12)24/h3-4,19-21,23-25H,1-2H3/b14-12-. The number of aromatic hydroxyl groups is 3. The lowest BCUT2D eigenvalue weighted by molar-refractivity contribution is -0.114. The molecule has 2 aliphatic carbocycles. The molecule has 0 amide bonds. The summed E-state index contributed by atoms with van der Waals surface area (Å²) in [7, 11) is 0. The van der Waals surface area contributed by atoms with Crippen LogP contribution in [0.1, 0.15) is 18.1 Å². The van der Waals surface area contributed by atoms with Gasteiger partial charge in [-0.2, -0.15) is 0 Å². The molecule has 134 valence electrons. The minimum absolute atomic E-state index is 0.0211. The summed E-state index contributed by atoms with van der Waals surface area (Å²) in [4.78, 5) is 24.6. The van der Waals surface area contributed by atoms with E-state index in [2.05, 4.69) is 0 Å². The molecule has 8 heteroatoms. The monoisotopic (exact) mass is 358 g/mol. The lowest BCUT2D eigenvalue weighted by Crippen LogP contribution is -2.27. The maximum Gasteiger partial charge on any atom is 0.202 e. The van der Waals surface area contributed by atoms with E-state index in [0.717, 1.165) is 12.1 Å². The highest BCUT2D eigenvalue weighted by atomic mass is 16.3. The van der Waals surface area contributed by atoms with E-state index in [1.165, 1.54) is 13.8 Å². The van der Waals surface area contributed by atoms with Gasteiger partial charge in [0.05, 0.1) is 22.3 Å². The second kappa shape index (κ2) is 5.41. The van der Waals surface area contributed by atoms with Gasteiger partial charge in [-0.05, 0) is 13.8 Å². The van der Waals surface area contributed by atoms with Crippen molar-refractivity contribution < 1.29 is 40.2 Å². The summed E-state index contributed by atoms with van der Waals surface area (Å²) in [6, 6.07) is 0.900. The van der Waals surface area contributed by atoms with E-state index < -0.39 is 68.4 Å². The molecule has 0 saturated heterocycles. The fourth-order valence-electron chi connectivity index (χ4n) is 2.82. The molecule has 0 bridgehead atoms. The van der Waals surface area contributed by atoms with Crippen molar-refractivity contribution in [2.45, 2.75) is 13.8 Å². The Bertz CT molecular complexity index is 1030. The Morgan fingerprint density at radius 2 is 1.38 bits per heavy atom. The molecule has 3 rings (SSSR count). The van der Waals surface area contributed by atoms with Crippen LogP contribution in [-0.4, -0.2) is 42.2 Å². The highest BCUT2D eigenvalue weighted by Crippen LogP contribution is 2.48. The largest absolute Gasteiger partial charge is 0.507 e. The third kappa shape index (κ3) is 2.08. The van der Waals surface area contributed by atoms with E-state index in [9.17, 15) is 40.2 Å². The number of allylic oxidation sites excluding steroid dienone is 5. The van der Waals surface area contributed by atoms with Gasteiger partial charge in [-0.3, -0.25) is 9.59 Å². The van der Waals surface area contributed by atoms with E-state index in [0.29, 0.717) is 0 Å². The predicted octanol–water partition coefficient (Wildman–Crippen LogP) is 2.12. The van der Waals surface area contributed by atoms with Crippen LogP contribution in [-0.2, 0) is 9.59 Å². The Labute approximate surface area is 146 Å². The van der Waals surface area contributed by atoms with Gasteiger partial charge in [-0.1, -0.05) is 0 Å². The number of benzene rings is 1. The van der Waals surface area contributed by atoms with Gasteiger partial charge in [0.1, 0.15) is 34.5 Å². The number of rotatable bonds is 1. The van der Waals surface area contributed by atoms with E-state index in [4.69, 9.17) is 0 Å². The smallest absolute Gasteiger partial charge is 0.202 e. The normalized spacial score (nSPS) is 20.5. The molecule has 0 radical (unpaired) electrons. The lowest BCUT2D eigenvalue weighted by atomic mass is 9.77. The van der Waals surface area contributed by atoms with E-state index in [1.54, 1.807) is 0 Å². The summed E-state index contributed by atoms with van der Waals surface area (Å²) in [6.45, 7) is 2.66. The Balaban J connectivity index is 2.26. The molecule has 0 spiro atoms. The molecule has 0 heterocycles.